The molecule has 8 heteroatoms. The van der Waals surface area contributed by atoms with Crippen molar-refractivity contribution in [3.05, 3.63) is 92.5 Å². The summed E-state index contributed by atoms with van der Waals surface area (Å²) < 4.78 is 29.0. The molecule has 0 aliphatic rings. The second-order valence-electron chi connectivity index (χ2n) is 7.93. The topological polar surface area (TPSA) is 66.5 Å². The summed E-state index contributed by atoms with van der Waals surface area (Å²) in [5, 5.41) is 3.54. The van der Waals surface area contributed by atoms with Crippen LogP contribution in [0, 0.1) is 20.8 Å². The Balaban J connectivity index is 2.21. The van der Waals surface area contributed by atoms with Gasteiger partial charge in [-0.05, 0) is 78.9 Å². The Kier molecular flexibility index (Phi) is 7.73. The monoisotopic (exact) mass is 504 g/mol. The molecular formula is C25H26Cl2N2O3S. The third-order valence-corrected chi connectivity index (χ3v) is 8.08. The molecule has 0 bridgehead atoms. The van der Waals surface area contributed by atoms with Gasteiger partial charge in [-0.3, -0.25) is 9.10 Å². The summed E-state index contributed by atoms with van der Waals surface area (Å²) >= 11 is 12.6. The van der Waals surface area contributed by atoms with Crippen LogP contribution in [0.15, 0.2) is 59.5 Å². The van der Waals surface area contributed by atoms with E-state index in [0.717, 1.165) is 21.0 Å². The molecule has 1 amide bonds. The SMILES string of the molecule is CNC(=O)CN(c1ccc(Cl)cc1Cc1ccccc1Cl)S(=O)(=O)c1cc(C)c(C)cc1C. The van der Waals surface area contributed by atoms with Crippen LogP contribution in [-0.4, -0.2) is 27.9 Å². The van der Waals surface area contributed by atoms with E-state index in [0.29, 0.717) is 33.3 Å². The van der Waals surface area contributed by atoms with Crippen molar-refractivity contribution in [1.29, 1.82) is 0 Å². The van der Waals surface area contributed by atoms with Crippen LogP contribution >= 0.6 is 23.2 Å². The van der Waals surface area contributed by atoms with Gasteiger partial charge in [-0.2, -0.15) is 0 Å². The lowest BCUT2D eigenvalue weighted by Gasteiger charge is -2.27. The highest BCUT2D eigenvalue weighted by molar-refractivity contribution is 7.93. The van der Waals surface area contributed by atoms with Crippen molar-refractivity contribution in [3.8, 4) is 0 Å². The van der Waals surface area contributed by atoms with Gasteiger partial charge in [0.25, 0.3) is 10.0 Å². The molecule has 0 unspecified atom stereocenters. The van der Waals surface area contributed by atoms with E-state index in [2.05, 4.69) is 5.32 Å². The highest BCUT2D eigenvalue weighted by Crippen LogP contribution is 2.33. The van der Waals surface area contributed by atoms with Gasteiger partial charge in [-0.25, -0.2) is 8.42 Å². The Morgan fingerprint density at radius 2 is 1.58 bits per heavy atom. The number of aryl methyl sites for hydroxylation is 3. The molecule has 0 fully saturated rings. The van der Waals surface area contributed by atoms with Crippen molar-refractivity contribution in [2.75, 3.05) is 17.9 Å². The van der Waals surface area contributed by atoms with Gasteiger partial charge in [0.05, 0.1) is 10.6 Å². The number of nitrogens with zero attached hydrogens (tertiary/aromatic N) is 1. The van der Waals surface area contributed by atoms with Crippen LogP contribution < -0.4 is 9.62 Å². The molecule has 0 atom stereocenters. The minimum absolute atomic E-state index is 0.160. The summed E-state index contributed by atoms with van der Waals surface area (Å²) in [5.41, 5.74) is 4.30. The normalized spacial score (nSPS) is 11.3. The molecule has 1 N–H and O–H groups in total. The lowest BCUT2D eigenvalue weighted by atomic mass is 10.0. The minimum atomic E-state index is -4.07. The molecule has 0 saturated carbocycles. The largest absolute Gasteiger partial charge is 0.358 e. The molecule has 174 valence electrons. The molecule has 0 aliphatic heterocycles. The zero-order valence-electron chi connectivity index (χ0n) is 18.9. The van der Waals surface area contributed by atoms with Gasteiger partial charge in [0.1, 0.15) is 6.54 Å². The van der Waals surface area contributed by atoms with Crippen LogP contribution in [0.5, 0.6) is 0 Å². The highest BCUT2D eigenvalue weighted by Gasteiger charge is 2.30. The van der Waals surface area contributed by atoms with E-state index in [1.165, 1.54) is 7.05 Å². The average Bonchev–Trinajstić information content (AvgIpc) is 2.76. The van der Waals surface area contributed by atoms with Crippen molar-refractivity contribution < 1.29 is 13.2 Å². The van der Waals surface area contributed by atoms with E-state index in [1.54, 1.807) is 37.3 Å². The van der Waals surface area contributed by atoms with Crippen LogP contribution in [0.4, 0.5) is 5.69 Å². The Labute approximate surface area is 205 Å². The summed E-state index contributed by atoms with van der Waals surface area (Å²) in [5.74, 6) is -0.432. The van der Waals surface area contributed by atoms with Crippen molar-refractivity contribution >= 4 is 44.8 Å². The number of sulfonamides is 1. The molecule has 0 heterocycles. The summed E-state index contributed by atoms with van der Waals surface area (Å²) in [6.45, 7) is 5.18. The van der Waals surface area contributed by atoms with E-state index >= 15 is 0 Å². The molecule has 3 rings (SSSR count). The van der Waals surface area contributed by atoms with Crippen molar-refractivity contribution in [1.82, 2.24) is 5.32 Å². The molecule has 0 radical (unpaired) electrons. The van der Waals surface area contributed by atoms with Gasteiger partial charge in [0.15, 0.2) is 0 Å². The molecule has 0 spiro atoms. The maximum absolute atomic E-state index is 13.9. The molecule has 33 heavy (non-hydrogen) atoms. The van der Waals surface area contributed by atoms with Crippen molar-refractivity contribution in [2.45, 2.75) is 32.1 Å². The van der Waals surface area contributed by atoms with Gasteiger partial charge >= 0.3 is 0 Å². The lowest BCUT2D eigenvalue weighted by Crippen LogP contribution is -2.40. The first kappa shape index (κ1) is 25.1. The van der Waals surface area contributed by atoms with E-state index in [9.17, 15) is 13.2 Å². The van der Waals surface area contributed by atoms with Crippen LogP contribution in [-0.2, 0) is 21.2 Å². The third kappa shape index (κ3) is 5.52. The van der Waals surface area contributed by atoms with Gasteiger partial charge in [0, 0.05) is 23.5 Å². The Morgan fingerprint density at radius 3 is 2.24 bits per heavy atom. The highest BCUT2D eigenvalue weighted by atomic mass is 35.5. The van der Waals surface area contributed by atoms with Crippen molar-refractivity contribution in [3.63, 3.8) is 0 Å². The minimum Gasteiger partial charge on any atom is -0.358 e. The molecule has 0 aliphatic carbocycles. The van der Waals surface area contributed by atoms with Gasteiger partial charge in [-0.1, -0.05) is 47.5 Å². The average molecular weight is 505 g/mol. The molecule has 0 saturated heterocycles. The first-order chi connectivity index (χ1) is 15.5. The van der Waals surface area contributed by atoms with Crippen LogP contribution in [0.25, 0.3) is 0 Å². The lowest BCUT2D eigenvalue weighted by molar-refractivity contribution is -0.119. The maximum Gasteiger partial charge on any atom is 0.265 e. The Morgan fingerprint density at radius 1 is 0.909 bits per heavy atom. The summed E-state index contributed by atoms with van der Waals surface area (Å²) in [6, 6.07) is 15.8. The number of benzene rings is 3. The van der Waals surface area contributed by atoms with E-state index in [1.807, 2.05) is 38.1 Å². The molecule has 3 aromatic rings. The summed E-state index contributed by atoms with van der Waals surface area (Å²) in [4.78, 5) is 12.6. The van der Waals surface area contributed by atoms with Gasteiger partial charge in [0.2, 0.25) is 5.91 Å². The smallest absolute Gasteiger partial charge is 0.265 e. The summed E-state index contributed by atoms with van der Waals surface area (Å²) in [6.07, 6.45) is 0.348. The second kappa shape index (κ2) is 10.2. The standard InChI is InChI=1S/C25H26Cl2N2O3S/c1-16-11-18(3)24(12-17(16)2)33(31,32)29(15-25(30)28-4)23-10-9-21(26)14-20(23)13-19-7-5-6-8-22(19)27/h5-12,14H,13,15H2,1-4H3,(H,28,30). The van der Waals surface area contributed by atoms with E-state index < -0.39 is 15.9 Å². The summed E-state index contributed by atoms with van der Waals surface area (Å²) in [7, 11) is -2.60. The predicted molar refractivity (Wildman–Crippen MR) is 135 cm³/mol. The number of carbonyl (C=O) groups is 1. The zero-order valence-corrected chi connectivity index (χ0v) is 21.3. The molecular weight excluding hydrogens is 479 g/mol. The van der Waals surface area contributed by atoms with E-state index in [-0.39, 0.29) is 11.4 Å². The second-order valence-corrected chi connectivity index (χ2v) is 10.6. The Hall–Kier alpha value is -2.54. The first-order valence-electron chi connectivity index (χ1n) is 10.4. The van der Waals surface area contributed by atoms with E-state index in [4.69, 9.17) is 23.2 Å². The van der Waals surface area contributed by atoms with Gasteiger partial charge in [-0.15, -0.1) is 0 Å². The van der Waals surface area contributed by atoms with Crippen LogP contribution in [0.3, 0.4) is 0 Å². The number of anilines is 1. The first-order valence-corrected chi connectivity index (χ1v) is 12.6. The zero-order chi connectivity index (χ0) is 24.3. The fourth-order valence-electron chi connectivity index (χ4n) is 3.63. The number of halogens is 2. The third-order valence-electron chi connectivity index (χ3n) is 5.57. The van der Waals surface area contributed by atoms with Crippen molar-refractivity contribution in [2.24, 2.45) is 0 Å². The number of nitrogens with one attached hydrogen (secondary N) is 1. The maximum atomic E-state index is 13.9. The predicted octanol–water partition coefficient (Wildman–Crippen LogP) is 5.45. The molecule has 3 aromatic carbocycles. The quantitative estimate of drug-likeness (QED) is 0.465. The van der Waals surface area contributed by atoms with Gasteiger partial charge < -0.3 is 5.32 Å². The molecule has 5 nitrogen and oxygen atoms in total. The number of amides is 1. The van der Waals surface area contributed by atoms with Crippen LogP contribution in [0.2, 0.25) is 10.0 Å². The number of rotatable bonds is 7. The molecule has 0 aromatic heterocycles. The fraction of sp³-hybridized carbons (Fsp3) is 0.240. The number of hydrogen-bond acceptors (Lipinski definition) is 3. The Bertz CT molecular complexity index is 1310. The number of hydrogen-bond donors (Lipinski definition) is 1. The fourth-order valence-corrected chi connectivity index (χ4v) is 5.78. The number of carbonyl (C=O) groups excluding carboxylic acids is 1. The van der Waals surface area contributed by atoms with Crippen LogP contribution in [0.1, 0.15) is 27.8 Å². The number of likely N-dealkylation sites (N-methyl/N-ethyl adjacent to an activating group) is 1.